The van der Waals surface area contributed by atoms with Gasteiger partial charge in [-0.2, -0.15) is 0 Å². The Bertz CT molecular complexity index is 155. The Labute approximate surface area is 65.5 Å². The molecule has 0 atom stereocenters. The molecule has 0 aliphatic rings. The Morgan fingerprint density at radius 1 is 0.889 bits per heavy atom. The summed E-state index contributed by atoms with van der Waals surface area (Å²) in [6.45, 7) is 0. The first-order valence-electron chi connectivity index (χ1n) is 2.20. The molecule has 0 aliphatic heterocycles. The summed E-state index contributed by atoms with van der Waals surface area (Å²) in [6, 6.07) is 4.31. The van der Waals surface area contributed by atoms with Gasteiger partial charge in [0, 0.05) is 0 Å². The Balaban J connectivity index is 0. The maximum atomic E-state index is 11.9. The Morgan fingerprint density at radius 3 is 1.33 bits per heavy atom. The monoisotopic (exact) mass is 122 g/mol. The van der Waals surface area contributed by atoms with Crippen LogP contribution in [0.4, 0.5) is 8.78 Å². The minimum atomic E-state index is -0.411. The van der Waals surface area contributed by atoms with Crippen LogP contribution in [-0.4, -0.2) is 0 Å². The summed E-state index contributed by atoms with van der Waals surface area (Å²) in [5.41, 5.74) is 0. The molecular weight excluding hydrogens is 117 g/mol. The minimum Gasteiger partial charge on any atom is -1.00 e. The van der Waals surface area contributed by atoms with Gasteiger partial charge in [0.2, 0.25) is 0 Å². The van der Waals surface area contributed by atoms with Crippen LogP contribution in [0.25, 0.3) is 0 Å². The molecule has 0 aliphatic carbocycles. The number of rotatable bonds is 0. The third kappa shape index (κ3) is 2.64. The number of hydrogen-bond donors (Lipinski definition) is 0. The maximum Gasteiger partial charge on any atom is 1.00 e. The van der Waals surface area contributed by atoms with Gasteiger partial charge in [-0.3, -0.25) is 0 Å². The SMILES string of the molecule is Fc1ccc(F)cc1.[H-].[Li+]. The second kappa shape index (κ2) is 3.66. The van der Waals surface area contributed by atoms with Crippen LogP contribution in [0.5, 0.6) is 0 Å². The molecule has 0 saturated carbocycles. The molecule has 0 heterocycles. The number of benzene rings is 1. The summed E-state index contributed by atoms with van der Waals surface area (Å²) in [5, 5.41) is 0. The van der Waals surface area contributed by atoms with Gasteiger partial charge in [-0.1, -0.05) is 0 Å². The van der Waals surface area contributed by atoms with E-state index in [2.05, 4.69) is 0 Å². The summed E-state index contributed by atoms with van der Waals surface area (Å²) in [7, 11) is 0. The van der Waals surface area contributed by atoms with Gasteiger partial charge in [0.1, 0.15) is 11.6 Å². The second-order valence-corrected chi connectivity index (χ2v) is 1.44. The topological polar surface area (TPSA) is 0 Å². The second-order valence-electron chi connectivity index (χ2n) is 1.44. The average molecular weight is 122 g/mol. The smallest absolute Gasteiger partial charge is 1.00 e. The molecule has 0 aromatic heterocycles. The van der Waals surface area contributed by atoms with Gasteiger partial charge in [0.05, 0.1) is 0 Å². The van der Waals surface area contributed by atoms with Crippen LogP contribution < -0.4 is 18.9 Å². The predicted octanol–water partition coefficient (Wildman–Crippen LogP) is -0.919. The first-order valence-corrected chi connectivity index (χ1v) is 2.20. The van der Waals surface area contributed by atoms with Crippen molar-refractivity contribution in [3.8, 4) is 0 Å². The zero-order chi connectivity index (χ0) is 5.98. The first-order chi connectivity index (χ1) is 3.79. The van der Waals surface area contributed by atoms with Crippen LogP contribution in [0.2, 0.25) is 0 Å². The molecule has 1 aromatic rings. The third-order valence-corrected chi connectivity index (χ3v) is 0.804. The zero-order valence-electron chi connectivity index (χ0n) is 6.07. The molecule has 0 radical (unpaired) electrons. The van der Waals surface area contributed by atoms with Crippen LogP contribution in [0, 0.1) is 11.6 Å². The fourth-order valence-corrected chi connectivity index (χ4v) is 0.430. The summed E-state index contributed by atoms with van der Waals surface area (Å²) in [6.07, 6.45) is 0. The molecular formula is C6H5F2Li. The fraction of sp³-hybridized carbons (Fsp3) is 0. The van der Waals surface area contributed by atoms with E-state index in [-0.39, 0.29) is 20.3 Å². The molecule has 1 aromatic carbocycles. The molecule has 0 unspecified atom stereocenters. The number of halogens is 2. The minimum absolute atomic E-state index is 0. The van der Waals surface area contributed by atoms with Gasteiger partial charge in [-0.25, -0.2) is 8.78 Å². The van der Waals surface area contributed by atoms with E-state index in [0.29, 0.717) is 0 Å². The Morgan fingerprint density at radius 2 is 1.11 bits per heavy atom. The Hall–Kier alpha value is -0.323. The summed E-state index contributed by atoms with van der Waals surface area (Å²) < 4.78 is 23.8. The van der Waals surface area contributed by atoms with Crippen LogP contribution in [0.3, 0.4) is 0 Å². The van der Waals surface area contributed by atoms with Gasteiger partial charge >= 0.3 is 18.9 Å². The van der Waals surface area contributed by atoms with Crippen molar-refractivity contribution in [2.45, 2.75) is 0 Å². The van der Waals surface area contributed by atoms with Crippen molar-refractivity contribution < 1.29 is 29.1 Å². The van der Waals surface area contributed by atoms with Gasteiger partial charge < -0.3 is 1.43 Å². The maximum absolute atomic E-state index is 11.9. The van der Waals surface area contributed by atoms with Crippen molar-refractivity contribution in [1.29, 1.82) is 0 Å². The molecule has 3 heteroatoms. The van der Waals surface area contributed by atoms with E-state index in [1.165, 1.54) is 0 Å². The van der Waals surface area contributed by atoms with E-state index in [9.17, 15) is 8.78 Å². The molecule has 9 heavy (non-hydrogen) atoms. The molecule has 0 saturated heterocycles. The number of hydrogen-bond acceptors (Lipinski definition) is 0. The van der Waals surface area contributed by atoms with Gasteiger partial charge in [-0.05, 0) is 24.3 Å². The van der Waals surface area contributed by atoms with Crippen LogP contribution in [-0.2, 0) is 0 Å². The van der Waals surface area contributed by atoms with E-state index in [1.807, 2.05) is 0 Å². The van der Waals surface area contributed by atoms with Crippen molar-refractivity contribution in [2.75, 3.05) is 0 Å². The van der Waals surface area contributed by atoms with Crippen molar-refractivity contribution >= 4 is 0 Å². The van der Waals surface area contributed by atoms with E-state index in [0.717, 1.165) is 24.3 Å². The molecule has 0 fully saturated rings. The van der Waals surface area contributed by atoms with E-state index >= 15 is 0 Å². The molecule has 44 valence electrons. The van der Waals surface area contributed by atoms with Crippen LogP contribution >= 0.6 is 0 Å². The fourth-order valence-electron chi connectivity index (χ4n) is 0.430. The van der Waals surface area contributed by atoms with Crippen molar-refractivity contribution in [1.82, 2.24) is 0 Å². The molecule has 1 rings (SSSR count). The third-order valence-electron chi connectivity index (χ3n) is 0.804. The largest absolute Gasteiger partial charge is 1.00 e. The normalized spacial score (nSPS) is 8.22. The molecule has 0 bridgehead atoms. The average Bonchev–Trinajstić information content (AvgIpc) is 1.77. The van der Waals surface area contributed by atoms with E-state index in [1.54, 1.807) is 0 Å². The van der Waals surface area contributed by atoms with Crippen molar-refractivity contribution in [2.24, 2.45) is 0 Å². The summed E-state index contributed by atoms with van der Waals surface area (Å²) >= 11 is 0. The van der Waals surface area contributed by atoms with Crippen molar-refractivity contribution in [3.05, 3.63) is 35.9 Å². The zero-order valence-corrected chi connectivity index (χ0v) is 5.07. The standard InChI is InChI=1S/C6H4F2.Li.H/c7-5-1-2-6(8)4-3-5;;/h1-4H;;/q;+1;-1. The Kier molecular flexibility index (Phi) is 3.52. The molecule has 0 N–H and O–H groups in total. The van der Waals surface area contributed by atoms with Gasteiger partial charge in [0.25, 0.3) is 0 Å². The summed E-state index contributed by atoms with van der Waals surface area (Å²) in [5.74, 6) is -0.821. The molecule has 0 amide bonds. The van der Waals surface area contributed by atoms with Gasteiger partial charge in [0.15, 0.2) is 0 Å². The molecule has 0 spiro atoms. The van der Waals surface area contributed by atoms with Crippen molar-refractivity contribution in [3.63, 3.8) is 0 Å². The van der Waals surface area contributed by atoms with Crippen LogP contribution in [0.15, 0.2) is 24.3 Å². The molecule has 0 nitrogen and oxygen atoms in total. The van der Waals surface area contributed by atoms with E-state index < -0.39 is 11.6 Å². The van der Waals surface area contributed by atoms with E-state index in [4.69, 9.17) is 0 Å². The quantitative estimate of drug-likeness (QED) is 0.390. The predicted molar refractivity (Wildman–Crippen MR) is 27.5 cm³/mol. The van der Waals surface area contributed by atoms with Crippen LogP contribution in [0.1, 0.15) is 1.43 Å². The first kappa shape index (κ1) is 8.68. The van der Waals surface area contributed by atoms with Gasteiger partial charge in [-0.15, -0.1) is 0 Å². The summed E-state index contributed by atoms with van der Waals surface area (Å²) in [4.78, 5) is 0.